The number of benzene rings is 1. The zero-order chi connectivity index (χ0) is 23.7. The van der Waals surface area contributed by atoms with Crippen LogP contribution in [0.15, 0.2) is 28.7 Å². The Hall–Kier alpha value is -3.11. The summed E-state index contributed by atoms with van der Waals surface area (Å²) in [6, 6.07) is 6.67. The number of nitrogens with one attached hydrogen (secondary N) is 2. The van der Waals surface area contributed by atoms with Crippen molar-refractivity contribution >= 4 is 34.4 Å². The van der Waals surface area contributed by atoms with Crippen LogP contribution in [0.3, 0.4) is 0 Å². The van der Waals surface area contributed by atoms with Crippen LogP contribution in [-0.2, 0) is 0 Å². The second kappa shape index (κ2) is 9.40. The number of furan rings is 1. The predicted molar refractivity (Wildman–Crippen MR) is 127 cm³/mol. The van der Waals surface area contributed by atoms with Crippen LogP contribution in [0.5, 0.6) is 5.75 Å². The average molecular weight is 472 g/mol. The Balaban J connectivity index is 1.60. The number of carbonyl (C=O) groups excluding carboxylic acids is 1. The Labute approximate surface area is 195 Å². The van der Waals surface area contributed by atoms with E-state index in [-0.39, 0.29) is 40.7 Å². The molecule has 0 bridgehead atoms. The third kappa shape index (κ3) is 4.81. The minimum absolute atomic E-state index is 0.141. The first-order valence-electron chi connectivity index (χ1n) is 11.1. The number of phenolic OH excluding ortho intramolecular Hbond substituents is 1. The van der Waals surface area contributed by atoms with Crippen molar-refractivity contribution in [1.82, 2.24) is 13.6 Å². The van der Waals surface area contributed by atoms with Crippen molar-refractivity contribution in [2.45, 2.75) is 46.6 Å². The van der Waals surface area contributed by atoms with Crippen molar-refractivity contribution in [2.75, 3.05) is 23.7 Å². The maximum atomic E-state index is 12.8. The third-order valence-corrected chi connectivity index (χ3v) is 6.60. The molecule has 176 valence electrons. The van der Waals surface area contributed by atoms with E-state index in [0.717, 1.165) is 29.9 Å². The molecule has 3 N–H and O–H groups in total. The lowest BCUT2D eigenvalue weighted by Crippen LogP contribution is -2.27. The molecule has 1 unspecified atom stereocenters. The number of anilines is 3. The molecule has 0 saturated carbocycles. The molecule has 1 amide bonds. The fourth-order valence-corrected chi connectivity index (χ4v) is 4.57. The number of likely N-dealkylation sites (tertiary alicyclic amines) is 1. The summed E-state index contributed by atoms with van der Waals surface area (Å²) in [6.07, 6.45) is 1.93. The third-order valence-electron chi connectivity index (χ3n) is 5.93. The molecule has 1 aliphatic heterocycles. The fourth-order valence-electron chi connectivity index (χ4n) is 3.94. The molecule has 3 heterocycles. The lowest BCUT2D eigenvalue weighted by atomic mass is 10.0. The van der Waals surface area contributed by atoms with Gasteiger partial charge in [0.2, 0.25) is 11.6 Å². The van der Waals surface area contributed by atoms with Crippen LogP contribution in [0.2, 0.25) is 0 Å². The summed E-state index contributed by atoms with van der Waals surface area (Å²) in [5.41, 5.74) is 1.55. The lowest BCUT2D eigenvalue weighted by molar-refractivity contribution is 0.0790. The molecule has 1 saturated heterocycles. The summed E-state index contributed by atoms with van der Waals surface area (Å²) < 4.78 is 26.2. The average Bonchev–Trinajstić information content (AvgIpc) is 3.49. The molecule has 0 radical (unpaired) electrons. The van der Waals surface area contributed by atoms with Crippen molar-refractivity contribution in [1.29, 1.82) is 0 Å². The van der Waals surface area contributed by atoms with Gasteiger partial charge in [0.1, 0.15) is 11.5 Å². The topological polar surface area (TPSA) is 127 Å². The first-order valence-corrected chi connectivity index (χ1v) is 12.1. The molecule has 4 rings (SSSR count). The molecule has 2 atom stereocenters. The number of phenols is 1. The van der Waals surface area contributed by atoms with Gasteiger partial charge in [0, 0.05) is 21.8 Å². The van der Waals surface area contributed by atoms with Gasteiger partial charge in [-0.2, -0.15) is 0 Å². The van der Waals surface area contributed by atoms with Crippen LogP contribution in [0, 0.1) is 19.8 Å². The number of rotatable bonds is 7. The van der Waals surface area contributed by atoms with E-state index in [1.54, 1.807) is 23.1 Å². The largest absolute Gasteiger partial charge is 0.546 e. The van der Waals surface area contributed by atoms with Crippen molar-refractivity contribution in [3.05, 3.63) is 46.9 Å². The molecule has 1 fully saturated rings. The van der Waals surface area contributed by atoms with Crippen LogP contribution >= 0.6 is 11.1 Å². The van der Waals surface area contributed by atoms with Crippen molar-refractivity contribution in [3.63, 3.8) is 0 Å². The van der Waals surface area contributed by atoms with Gasteiger partial charge in [-0.15, -0.1) is 0 Å². The standard InChI is InChI=1S/C23H29N5O4S/c1-13(2)19(18-12-14(3)15(4)32-18)25-22-21(26-33(31)27-22)24-17-9-7-8-16(20(17)29)23(30)28-10-5-6-11-28/h7-9,12-13,19,29H,5-6,10-11H2,1-4H3,(H,24,26)(H,25,27)/t19-,33?/m1/s1. The number of aryl methyl sites for hydroxylation is 2. The van der Waals surface area contributed by atoms with E-state index >= 15 is 0 Å². The molecule has 9 nitrogen and oxygen atoms in total. The normalized spacial score (nSPS) is 15.2. The van der Waals surface area contributed by atoms with Crippen LogP contribution in [0.25, 0.3) is 0 Å². The first kappa shape index (κ1) is 23.1. The van der Waals surface area contributed by atoms with Gasteiger partial charge in [0.15, 0.2) is 16.9 Å². The number of nitrogens with zero attached hydrogens (tertiary/aromatic N) is 3. The fraction of sp³-hybridized carbons (Fsp3) is 0.435. The van der Waals surface area contributed by atoms with Gasteiger partial charge in [-0.25, -0.2) is 0 Å². The van der Waals surface area contributed by atoms with E-state index in [2.05, 4.69) is 19.4 Å². The molecular formula is C23H29N5O4S. The monoisotopic (exact) mass is 471 g/mol. The van der Waals surface area contributed by atoms with Crippen LogP contribution < -0.4 is 10.6 Å². The smallest absolute Gasteiger partial charge is 0.257 e. The number of aromatic nitrogens is 2. The molecule has 1 aromatic carbocycles. The number of carbonyl (C=O) groups is 1. The number of hydrogen-bond acceptors (Lipinski definition) is 8. The van der Waals surface area contributed by atoms with Gasteiger partial charge < -0.3 is 29.6 Å². The maximum absolute atomic E-state index is 12.8. The Morgan fingerprint density at radius 1 is 1.21 bits per heavy atom. The number of amides is 1. The second-order valence-electron chi connectivity index (χ2n) is 8.69. The number of hydrogen-bond donors (Lipinski definition) is 3. The molecule has 10 heteroatoms. The van der Waals surface area contributed by atoms with E-state index in [9.17, 15) is 14.5 Å². The molecule has 2 aromatic heterocycles. The Morgan fingerprint density at radius 2 is 1.91 bits per heavy atom. The first-order chi connectivity index (χ1) is 15.7. The minimum atomic E-state index is -1.80. The number of para-hydroxylation sites is 1. The highest BCUT2D eigenvalue weighted by Crippen LogP contribution is 2.37. The highest BCUT2D eigenvalue weighted by molar-refractivity contribution is 7.14. The molecular weight excluding hydrogens is 442 g/mol. The van der Waals surface area contributed by atoms with E-state index < -0.39 is 11.1 Å². The highest BCUT2D eigenvalue weighted by atomic mass is 32.2. The van der Waals surface area contributed by atoms with Gasteiger partial charge in [-0.3, -0.25) is 4.79 Å². The Bertz CT molecular complexity index is 1130. The summed E-state index contributed by atoms with van der Waals surface area (Å²) in [7, 11) is 0. The molecule has 33 heavy (non-hydrogen) atoms. The second-order valence-corrected chi connectivity index (χ2v) is 9.52. The number of aromatic hydroxyl groups is 1. The van der Waals surface area contributed by atoms with Crippen LogP contribution in [0.1, 0.15) is 60.2 Å². The predicted octanol–water partition coefficient (Wildman–Crippen LogP) is 4.91. The lowest BCUT2D eigenvalue weighted by Gasteiger charge is -2.20. The maximum Gasteiger partial charge on any atom is 0.257 e. The van der Waals surface area contributed by atoms with E-state index in [1.165, 1.54) is 0 Å². The summed E-state index contributed by atoms with van der Waals surface area (Å²) in [6.45, 7) is 9.35. The van der Waals surface area contributed by atoms with Crippen molar-refractivity contribution in [2.24, 2.45) is 5.92 Å². The van der Waals surface area contributed by atoms with Crippen LogP contribution in [-0.4, -0.2) is 42.3 Å². The summed E-state index contributed by atoms with van der Waals surface area (Å²) >= 11 is -1.80. The van der Waals surface area contributed by atoms with Gasteiger partial charge in [0.05, 0.1) is 17.3 Å². The Kier molecular flexibility index (Phi) is 6.57. The Morgan fingerprint density at radius 3 is 2.55 bits per heavy atom. The zero-order valence-electron chi connectivity index (χ0n) is 19.2. The van der Waals surface area contributed by atoms with Gasteiger partial charge in [-0.05, 0) is 56.4 Å². The van der Waals surface area contributed by atoms with Crippen molar-refractivity contribution < 1.29 is 18.9 Å². The van der Waals surface area contributed by atoms with Gasteiger partial charge in [0.25, 0.3) is 5.91 Å². The SMILES string of the molecule is Cc1cc([C@H](Nc2n[s+]([O-])nc2Nc2cccc(C(=O)N3CCCC3)c2O)C(C)C)oc1C. The molecule has 1 aliphatic rings. The molecule has 0 spiro atoms. The van der Waals surface area contributed by atoms with Crippen molar-refractivity contribution in [3.8, 4) is 5.75 Å². The van der Waals surface area contributed by atoms with E-state index in [4.69, 9.17) is 4.42 Å². The highest BCUT2D eigenvalue weighted by Gasteiger charge is 2.27. The summed E-state index contributed by atoms with van der Waals surface area (Å²) in [5.74, 6) is 1.87. The van der Waals surface area contributed by atoms with Gasteiger partial charge >= 0.3 is 0 Å². The quantitative estimate of drug-likeness (QED) is 0.328. The van der Waals surface area contributed by atoms with Crippen LogP contribution in [0.4, 0.5) is 17.3 Å². The summed E-state index contributed by atoms with van der Waals surface area (Å²) in [4.78, 5) is 14.5. The molecule has 3 aromatic rings. The van der Waals surface area contributed by atoms with E-state index in [0.29, 0.717) is 18.9 Å². The minimum Gasteiger partial charge on any atom is -0.546 e. The van der Waals surface area contributed by atoms with E-state index in [1.807, 2.05) is 33.8 Å². The zero-order valence-corrected chi connectivity index (χ0v) is 20.0. The molecule has 0 aliphatic carbocycles. The summed E-state index contributed by atoms with van der Waals surface area (Å²) in [5, 5.41) is 17.1. The van der Waals surface area contributed by atoms with Gasteiger partial charge in [-0.1, -0.05) is 19.9 Å².